The van der Waals surface area contributed by atoms with Gasteiger partial charge in [-0.15, -0.1) is 30.4 Å². The van der Waals surface area contributed by atoms with Gasteiger partial charge in [0.05, 0.1) is 12.3 Å². The molecule has 0 fully saturated rings. The van der Waals surface area contributed by atoms with Gasteiger partial charge in [0.1, 0.15) is 9.84 Å². The molecule has 0 aromatic carbocycles. The Morgan fingerprint density at radius 1 is 1.53 bits per heavy atom. The van der Waals surface area contributed by atoms with E-state index in [1.165, 1.54) is 6.26 Å². The number of hydrogen-bond acceptors (Lipinski definition) is 3. The highest BCUT2D eigenvalue weighted by atomic mass is 127. The summed E-state index contributed by atoms with van der Waals surface area (Å²) in [6, 6.07) is 0.0266. The van der Waals surface area contributed by atoms with Gasteiger partial charge in [-0.3, -0.25) is 4.99 Å². The first kappa shape index (κ1) is 18.9. The van der Waals surface area contributed by atoms with Crippen LogP contribution in [0.5, 0.6) is 0 Å². The van der Waals surface area contributed by atoms with Crippen molar-refractivity contribution in [2.45, 2.75) is 19.4 Å². The van der Waals surface area contributed by atoms with Gasteiger partial charge in [-0.1, -0.05) is 5.92 Å². The first-order valence-electron chi connectivity index (χ1n) is 4.97. The highest BCUT2D eigenvalue weighted by molar-refractivity contribution is 14.0. The van der Waals surface area contributed by atoms with Crippen molar-refractivity contribution in [3.05, 3.63) is 0 Å². The number of sulfone groups is 1. The minimum absolute atomic E-state index is 0. The minimum Gasteiger partial charge on any atom is -0.354 e. The van der Waals surface area contributed by atoms with Crippen molar-refractivity contribution in [2.75, 3.05) is 25.6 Å². The van der Waals surface area contributed by atoms with Gasteiger partial charge in [0.2, 0.25) is 0 Å². The lowest BCUT2D eigenvalue weighted by molar-refractivity contribution is 0.582. The molecule has 1 atom stereocenters. The van der Waals surface area contributed by atoms with Crippen LogP contribution in [0.2, 0.25) is 0 Å². The maximum Gasteiger partial charge on any atom is 0.191 e. The van der Waals surface area contributed by atoms with Crippen LogP contribution in [0.15, 0.2) is 4.99 Å². The largest absolute Gasteiger partial charge is 0.354 e. The van der Waals surface area contributed by atoms with Crippen molar-refractivity contribution < 1.29 is 8.42 Å². The summed E-state index contributed by atoms with van der Waals surface area (Å²) in [6.07, 6.45) is 6.87. The average Bonchev–Trinajstić information content (AvgIpc) is 2.20. The van der Waals surface area contributed by atoms with E-state index in [1.807, 2.05) is 6.92 Å². The lowest BCUT2D eigenvalue weighted by atomic mass is 10.3. The molecule has 0 rings (SSSR count). The normalized spacial score (nSPS) is 13.2. The number of nitrogens with one attached hydrogen (secondary N) is 2. The summed E-state index contributed by atoms with van der Waals surface area (Å²) in [5, 5.41) is 5.95. The van der Waals surface area contributed by atoms with E-state index in [2.05, 4.69) is 21.5 Å². The number of halogens is 1. The van der Waals surface area contributed by atoms with Crippen molar-refractivity contribution in [1.82, 2.24) is 10.6 Å². The molecular weight excluding hydrogens is 353 g/mol. The van der Waals surface area contributed by atoms with E-state index in [0.717, 1.165) is 0 Å². The van der Waals surface area contributed by atoms with Crippen molar-refractivity contribution in [3.8, 4) is 12.3 Å². The number of hydrogen-bond donors (Lipinski definition) is 2. The fourth-order valence-corrected chi connectivity index (χ4v) is 1.81. The van der Waals surface area contributed by atoms with Crippen molar-refractivity contribution in [1.29, 1.82) is 0 Å². The van der Waals surface area contributed by atoms with E-state index >= 15 is 0 Å². The molecule has 0 saturated carbocycles. The topological polar surface area (TPSA) is 70.6 Å². The molecule has 100 valence electrons. The van der Waals surface area contributed by atoms with E-state index in [9.17, 15) is 8.42 Å². The van der Waals surface area contributed by atoms with Crippen LogP contribution in [0.4, 0.5) is 0 Å². The number of guanidine groups is 1. The number of rotatable bonds is 5. The second kappa shape index (κ2) is 9.53. The molecule has 5 nitrogen and oxygen atoms in total. The standard InChI is InChI=1S/C10H19N3O2S.HI/c1-5-7-12-10(11-3)13-9(2)6-8-16(4,14)15;/h1,9H,6-8H2,2-4H3,(H2,11,12,13);1H. The Hall–Kier alpha value is -0.490. The molecule has 0 aromatic rings. The fourth-order valence-electron chi connectivity index (χ4n) is 1.03. The van der Waals surface area contributed by atoms with E-state index in [0.29, 0.717) is 18.9 Å². The van der Waals surface area contributed by atoms with Crippen LogP contribution < -0.4 is 10.6 Å². The van der Waals surface area contributed by atoms with Gasteiger partial charge in [-0.25, -0.2) is 8.42 Å². The molecule has 0 radical (unpaired) electrons. The van der Waals surface area contributed by atoms with Crippen molar-refractivity contribution in [2.24, 2.45) is 4.99 Å². The summed E-state index contributed by atoms with van der Waals surface area (Å²) in [6.45, 7) is 2.28. The van der Waals surface area contributed by atoms with Crippen LogP contribution in [0.25, 0.3) is 0 Å². The second-order valence-electron chi connectivity index (χ2n) is 3.59. The average molecular weight is 373 g/mol. The molecule has 2 N–H and O–H groups in total. The molecule has 0 heterocycles. The molecule has 0 aliphatic heterocycles. The summed E-state index contributed by atoms with van der Waals surface area (Å²) in [5.74, 6) is 3.18. The van der Waals surface area contributed by atoms with E-state index in [4.69, 9.17) is 6.42 Å². The predicted molar refractivity (Wildman–Crippen MR) is 82.5 cm³/mol. The molecule has 0 amide bonds. The summed E-state index contributed by atoms with van der Waals surface area (Å²) in [7, 11) is -1.28. The van der Waals surface area contributed by atoms with Crippen molar-refractivity contribution in [3.63, 3.8) is 0 Å². The second-order valence-corrected chi connectivity index (χ2v) is 5.85. The molecule has 17 heavy (non-hydrogen) atoms. The third kappa shape index (κ3) is 11.8. The number of terminal acetylenes is 1. The van der Waals surface area contributed by atoms with Gasteiger partial charge < -0.3 is 10.6 Å². The highest BCUT2D eigenvalue weighted by Crippen LogP contribution is 1.95. The predicted octanol–water partition coefficient (Wildman–Crippen LogP) is 0.226. The monoisotopic (exact) mass is 373 g/mol. The minimum atomic E-state index is -2.91. The summed E-state index contributed by atoms with van der Waals surface area (Å²) in [4.78, 5) is 3.96. The quantitative estimate of drug-likeness (QED) is 0.313. The summed E-state index contributed by atoms with van der Waals surface area (Å²) < 4.78 is 21.9. The van der Waals surface area contributed by atoms with Gasteiger partial charge in [0.25, 0.3) is 0 Å². The maximum absolute atomic E-state index is 11.0. The summed E-state index contributed by atoms with van der Waals surface area (Å²) >= 11 is 0. The zero-order chi connectivity index (χ0) is 12.6. The molecule has 0 bridgehead atoms. The first-order chi connectivity index (χ1) is 7.39. The molecule has 0 saturated heterocycles. The molecular formula is C10H20IN3O2S. The Bertz CT molecular complexity index is 374. The first-order valence-corrected chi connectivity index (χ1v) is 7.03. The summed E-state index contributed by atoms with van der Waals surface area (Å²) in [5.41, 5.74) is 0. The van der Waals surface area contributed by atoms with E-state index < -0.39 is 9.84 Å². The zero-order valence-electron chi connectivity index (χ0n) is 10.4. The molecule has 1 unspecified atom stereocenters. The van der Waals surface area contributed by atoms with Gasteiger partial charge >= 0.3 is 0 Å². The molecule has 0 spiro atoms. The Labute approximate surface area is 121 Å². The Kier molecular flexibility index (Phi) is 10.6. The Balaban J connectivity index is 0. The smallest absolute Gasteiger partial charge is 0.191 e. The number of nitrogens with zero attached hydrogens (tertiary/aromatic N) is 1. The van der Waals surface area contributed by atoms with Crippen LogP contribution in [-0.4, -0.2) is 46.0 Å². The fraction of sp³-hybridized carbons (Fsp3) is 0.700. The van der Waals surface area contributed by atoms with Gasteiger partial charge in [0, 0.05) is 19.3 Å². The lowest BCUT2D eigenvalue weighted by Gasteiger charge is -2.16. The van der Waals surface area contributed by atoms with E-state index in [1.54, 1.807) is 7.05 Å². The zero-order valence-corrected chi connectivity index (χ0v) is 13.5. The van der Waals surface area contributed by atoms with Crippen LogP contribution in [0.3, 0.4) is 0 Å². The van der Waals surface area contributed by atoms with Crippen molar-refractivity contribution >= 4 is 39.8 Å². The number of aliphatic imine (C=N–C) groups is 1. The molecule has 0 aromatic heterocycles. The van der Waals surface area contributed by atoms with Crippen LogP contribution >= 0.6 is 24.0 Å². The molecule has 0 aliphatic carbocycles. The van der Waals surface area contributed by atoms with Gasteiger partial charge in [0.15, 0.2) is 5.96 Å². The molecule has 7 heteroatoms. The van der Waals surface area contributed by atoms with Gasteiger partial charge in [-0.2, -0.15) is 0 Å². The lowest BCUT2D eigenvalue weighted by Crippen LogP contribution is -2.42. The third-order valence-corrected chi connectivity index (χ3v) is 2.86. The molecule has 0 aliphatic rings. The Morgan fingerprint density at radius 2 is 2.12 bits per heavy atom. The van der Waals surface area contributed by atoms with Gasteiger partial charge in [-0.05, 0) is 13.3 Å². The van der Waals surface area contributed by atoms with E-state index in [-0.39, 0.29) is 35.8 Å². The SMILES string of the molecule is C#CCNC(=NC)NC(C)CCS(C)(=O)=O.I. The van der Waals surface area contributed by atoms with Crippen LogP contribution in [0.1, 0.15) is 13.3 Å². The Morgan fingerprint density at radius 3 is 2.53 bits per heavy atom. The van der Waals surface area contributed by atoms with Crippen LogP contribution in [0, 0.1) is 12.3 Å². The maximum atomic E-state index is 11.0. The highest BCUT2D eigenvalue weighted by Gasteiger charge is 2.08. The third-order valence-electron chi connectivity index (χ3n) is 1.89. The van der Waals surface area contributed by atoms with Crippen LogP contribution in [-0.2, 0) is 9.84 Å².